The third kappa shape index (κ3) is 3.36. The number of amides is 1. The number of hydrogen-bond donors (Lipinski definition) is 1. The van der Waals surface area contributed by atoms with Crippen molar-refractivity contribution in [3.8, 4) is 0 Å². The number of thiazole rings is 1. The fourth-order valence-corrected chi connectivity index (χ4v) is 5.60. The largest absolute Gasteiger partial charge is 0.312 e. The van der Waals surface area contributed by atoms with E-state index in [0.717, 1.165) is 26.5 Å². The number of rotatable bonds is 4. The van der Waals surface area contributed by atoms with E-state index in [4.69, 9.17) is 0 Å². The zero-order valence-corrected chi connectivity index (χ0v) is 16.6. The number of hydrogen-bond acceptors (Lipinski definition) is 5. The van der Waals surface area contributed by atoms with Gasteiger partial charge in [-0.3, -0.25) is 4.79 Å². The minimum atomic E-state index is -3.69. The molecule has 2 aromatic carbocycles. The van der Waals surface area contributed by atoms with Crippen LogP contribution in [0.2, 0.25) is 0 Å². The maximum atomic E-state index is 12.8. The zero-order valence-electron chi connectivity index (χ0n) is 15.0. The third-order valence-electron chi connectivity index (χ3n) is 4.65. The highest BCUT2D eigenvalue weighted by Gasteiger charge is 2.26. The van der Waals surface area contributed by atoms with Gasteiger partial charge in [-0.25, -0.2) is 18.1 Å². The molecular formula is C19H19N3O3S2. The van der Waals surface area contributed by atoms with Crippen LogP contribution in [0.1, 0.15) is 30.5 Å². The Balaban J connectivity index is 1.59. The molecule has 1 amide bonds. The van der Waals surface area contributed by atoms with Crippen molar-refractivity contribution in [2.45, 2.75) is 31.2 Å². The molecule has 0 saturated carbocycles. The molecule has 1 atom stereocenters. The first-order valence-electron chi connectivity index (χ1n) is 8.64. The molecule has 0 saturated heterocycles. The van der Waals surface area contributed by atoms with Gasteiger partial charge in [0.05, 0.1) is 21.2 Å². The van der Waals surface area contributed by atoms with Crippen LogP contribution in [0.15, 0.2) is 47.4 Å². The summed E-state index contributed by atoms with van der Waals surface area (Å²) in [5.41, 5.74) is 2.53. The van der Waals surface area contributed by atoms with Crippen LogP contribution in [0.5, 0.6) is 0 Å². The van der Waals surface area contributed by atoms with Crippen LogP contribution in [0.3, 0.4) is 0 Å². The van der Waals surface area contributed by atoms with E-state index < -0.39 is 16.1 Å². The number of aromatic nitrogens is 1. The Labute approximate surface area is 161 Å². The van der Waals surface area contributed by atoms with Crippen molar-refractivity contribution in [3.63, 3.8) is 0 Å². The van der Waals surface area contributed by atoms with Gasteiger partial charge in [0, 0.05) is 19.2 Å². The summed E-state index contributed by atoms with van der Waals surface area (Å²) < 4.78 is 29.4. The quantitative estimate of drug-likeness (QED) is 0.728. The molecule has 1 aromatic heterocycles. The predicted octanol–water partition coefficient (Wildman–Crippen LogP) is 3.24. The van der Waals surface area contributed by atoms with Gasteiger partial charge in [-0.05, 0) is 49.2 Å². The normalized spacial score (nSPS) is 15.1. The van der Waals surface area contributed by atoms with E-state index in [1.165, 1.54) is 18.3 Å². The lowest BCUT2D eigenvalue weighted by Gasteiger charge is -2.16. The number of carbonyl (C=O) groups excluding carboxylic acids is 1. The summed E-state index contributed by atoms with van der Waals surface area (Å²) in [6.07, 6.45) is 0.658. The van der Waals surface area contributed by atoms with Gasteiger partial charge < -0.3 is 4.90 Å². The van der Waals surface area contributed by atoms with Gasteiger partial charge >= 0.3 is 0 Å². The fourth-order valence-electron chi connectivity index (χ4n) is 3.30. The van der Waals surface area contributed by atoms with E-state index in [1.54, 1.807) is 30.0 Å². The van der Waals surface area contributed by atoms with Crippen molar-refractivity contribution in [2.75, 3.05) is 11.4 Å². The van der Waals surface area contributed by atoms with Crippen molar-refractivity contribution >= 4 is 43.2 Å². The van der Waals surface area contributed by atoms with E-state index in [9.17, 15) is 13.2 Å². The first-order chi connectivity index (χ1) is 12.8. The Morgan fingerprint density at radius 2 is 2.04 bits per heavy atom. The summed E-state index contributed by atoms with van der Waals surface area (Å²) in [6, 6.07) is 12.2. The lowest BCUT2D eigenvalue weighted by Crippen LogP contribution is -2.27. The molecule has 4 rings (SSSR count). The minimum Gasteiger partial charge on any atom is -0.312 e. The van der Waals surface area contributed by atoms with Crippen LogP contribution in [0, 0.1) is 0 Å². The SMILES string of the molecule is CC(=O)N1CCc2cc(S(=O)(=O)NC(C)c3nc4ccccc4s3)ccc21. The van der Waals surface area contributed by atoms with Crippen LogP contribution in [0.4, 0.5) is 5.69 Å². The van der Waals surface area contributed by atoms with Gasteiger partial charge in [0.15, 0.2) is 0 Å². The van der Waals surface area contributed by atoms with Crippen molar-refractivity contribution in [2.24, 2.45) is 0 Å². The molecule has 1 aliphatic heterocycles. The summed E-state index contributed by atoms with van der Waals surface area (Å²) in [5, 5.41) is 0.726. The lowest BCUT2D eigenvalue weighted by molar-refractivity contribution is -0.116. The van der Waals surface area contributed by atoms with Crippen molar-refractivity contribution in [1.82, 2.24) is 9.71 Å². The first-order valence-corrected chi connectivity index (χ1v) is 10.9. The van der Waals surface area contributed by atoms with Crippen LogP contribution in [0.25, 0.3) is 10.2 Å². The molecule has 8 heteroatoms. The number of benzene rings is 2. The highest BCUT2D eigenvalue weighted by Crippen LogP contribution is 2.31. The summed E-state index contributed by atoms with van der Waals surface area (Å²) in [4.78, 5) is 18.1. The van der Waals surface area contributed by atoms with Gasteiger partial charge in [0.25, 0.3) is 0 Å². The van der Waals surface area contributed by atoms with Crippen LogP contribution >= 0.6 is 11.3 Å². The molecule has 2 heterocycles. The van der Waals surface area contributed by atoms with E-state index in [2.05, 4.69) is 9.71 Å². The van der Waals surface area contributed by atoms with E-state index in [-0.39, 0.29) is 10.8 Å². The van der Waals surface area contributed by atoms with E-state index in [0.29, 0.717) is 13.0 Å². The molecule has 27 heavy (non-hydrogen) atoms. The number of sulfonamides is 1. The van der Waals surface area contributed by atoms with Crippen molar-refractivity contribution in [3.05, 3.63) is 53.0 Å². The third-order valence-corrected chi connectivity index (χ3v) is 7.41. The van der Waals surface area contributed by atoms with Crippen LogP contribution in [-0.4, -0.2) is 25.9 Å². The minimum absolute atomic E-state index is 0.0352. The fraction of sp³-hybridized carbons (Fsp3) is 0.263. The molecule has 140 valence electrons. The number of nitrogens with zero attached hydrogens (tertiary/aromatic N) is 2. The van der Waals surface area contributed by atoms with Crippen molar-refractivity contribution < 1.29 is 13.2 Å². The van der Waals surface area contributed by atoms with E-state index >= 15 is 0 Å². The van der Waals surface area contributed by atoms with Crippen LogP contribution in [-0.2, 0) is 21.2 Å². The maximum absolute atomic E-state index is 12.8. The van der Waals surface area contributed by atoms with E-state index in [1.807, 2.05) is 24.3 Å². The molecule has 0 radical (unpaired) electrons. The summed E-state index contributed by atoms with van der Waals surface area (Å²) in [6.45, 7) is 3.89. The Morgan fingerprint density at radius 3 is 2.78 bits per heavy atom. The van der Waals surface area contributed by atoms with Gasteiger partial charge in [-0.15, -0.1) is 11.3 Å². The maximum Gasteiger partial charge on any atom is 0.241 e. The summed E-state index contributed by atoms with van der Waals surface area (Å²) in [7, 11) is -3.69. The Bertz CT molecular complexity index is 1110. The second-order valence-corrected chi connectivity index (χ2v) is 9.35. The number of carbonyl (C=O) groups is 1. The molecular weight excluding hydrogens is 382 g/mol. The highest BCUT2D eigenvalue weighted by molar-refractivity contribution is 7.89. The Kier molecular flexibility index (Phi) is 4.49. The number of fused-ring (bicyclic) bond motifs is 2. The zero-order chi connectivity index (χ0) is 19.2. The second-order valence-electron chi connectivity index (χ2n) is 6.57. The molecule has 1 unspecified atom stereocenters. The average Bonchev–Trinajstić information content (AvgIpc) is 3.24. The topological polar surface area (TPSA) is 79.4 Å². The lowest BCUT2D eigenvalue weighted by atomic mass is 10.2. The monoisotopic (exact) mass is 401 g/mol. The standard InChI is InChI=1S/C19H19N3O3S2/c1-12(19-20-16-5-3-4-6-18(16)26-19)21-27(24,25)15-7-8-17-14(11-15)9-10-22(17)13(2)23/h3-8,11-12,21H,9-10H2,1-2H3. The van der Waals surface area contributed by atoms with Crippen LogP contribution < -0.4 is 9.62 Å². The van der Waals surface area contributed by atoms with Gasteiger partial charge in [0.1, 0.15) is 5.01 Å². The van der Waals surface area contributed by atoms with Gasteiger partial charge in [0.2, 0.25) is 15.9 Å². The molecule has 0 fully saturated rings. The molecule has 6 nitrogen and oxygen atoms in total. The molecule has 0 bridgehead atoms. The van der Waals surface area contributed by atoms with Gasteiger partial charge in [-0.1, -0.05) is 12.1 Å². The molecule has 0 spiro atoms. The Morgan fingerprint density at radius 1 is 1.26 bits per heavy atom. The van der Waals surface area contributed by atoms with Crippen molar-refractivity contribution in [1.29, 1.82) is 0 Å². The summed E-state index contributed by atoms with van der Waals surface area (Å²) in [5.74, 6) is -0.0352. The molecule has 1 N–H and O–H groups in total. The molecule has 3 aromatic rings. The smallest absolute Gasteiger partial charge is 0.241 e. The number of para-hydroxylation sites is 1. The molecule has 0 aliphatic carbocycles. The molecule has 1 aliphatic rings. The average molecular weight is 402 g/mol. The number of anilines is 1. The first kappa shape index (κ1) is 18.1. The Hall–Kier alpha value is -2.29. The second kappa shape index (κ2) is 6.70. The predicted molar refractivity (Wildman–Crippen MR) is 107 cm³/mol. The summed E-state index contributed by atoms with van der Waals surface area (Å²) >= 11 is 1.48. The van der Waals surface area contributed by atoms with Gasteiger partial charge in [-0.2, -0.15) is 0 Å². The highest BCUT2D eigenvalue weighted by atomic mass is 32.2. The number of nitrogens with one attached hydrogen (secondary N) is 1.